The monoisotopic (exact) mass is 426 g/mol. The summed E-state index contributed by atoms with van der Waals surface area (Å²) in [5.74, 6) is 1.58. The van der Waals surface area contributed by atoms with E-state index in [0.29, 0.717) is 11.8 Å². The van der Waals surface area contributed by atoms with Gasteiger partial charge in [0.1, 0.15) is 5.75 Å². The highest BCUT2D eigenvalue weighted by atomic mass is 16.5. The van der Waals surface area contributed by atoms with Crippen LogP contribution in [0.25, 0.3) is 0 Å². The maximum atomic E-state index is 12.9. The van der Waals surface area contributed by atoms with E-state index < -0.39 is 0 Å². The van der Waals surface area contributed by atoms with E-state index in [4.69, 9.17) is 4.74 Å². The fraction of sp³-hybridized carbons (Fsp3) is 0.321. The number of carbonyl (C=O) groups excluding carboxylic acids is 1. The Labute approximate surface area is 190 Å². The van der Waals surface area contributed by atoms with Crippen molar-refractivity contribution in [2.75, 3.05) is 19.6 Å². The van der Waals surface area contributed by atoms with Crippen molar-refractivity contribution in [1.82, 2.24) is 10.2 Å². The van der Waals surface area contributed by atoms with Crippen molar-refractivity contribution in [2.24, 2.45) is 5.92 Å². The Morgan fingerprint density at radius 2 is 1.69 bits per heavy atom. The van der Waals surface area contributed by atoms with Gasteiger partial charge < -0.3 is 10.1 Å². The zero-order valence-corrected chi connectivity index (χ0v) is 18.5. The second-order valence-electron chi connectivity index (χ2n) is 9.12. The molecule has 1 N–H and O–H groups in total. The number of carbonyl (C=O) groups is 1. The molecule has 32 heavy (non-hydrogen) atoms. The van der Waals surface area contributed by atoms with Crippen LogP contribution in [0.3, 0.4) is 0 Å². The second kappa shape index (κ2) is 9.17. The molecule has 0 bridgehead atoms. The zero-order chi connectivity index (χ0) is 21.9. The Morgan fingerprint density at radius 3 is 2.44 bits per heavy atom. The van der Waals surface area contributed by atoms with Crippen LogP contribution in [0.15, 0.2) is 78.9 Å². The molecule has 3 aromatic rings. The van der Waals surface area contributed by atoms with E-state index >= 15 is 0 Å². The van der Waals surface area contributed by atoms with Gasteiger partial charge in [0.15, 0.2) is 0 Å². The molecule has 3 atom stereocenters. The first kappa shape index (κ1) is 20.8. The van der Waals surface area contributed by atoms with Gasteiger partial charge in [0.05, 0.1) is 6.10 Å². The van der Waals surface area contributed by atoms with Gasteiger partial charge in [-0.05, 0) is 41.7 Å². The summed E-state index contributed by atoms with van der Waals surface area (Å²) in [7, 11) is 0. The molecule has 0 radical (unpaired) electrons. The van der Waals surface area contributed by atoms with Gasteiger partial charge in [-0.3, -0.25) is 9.69 Å². The Kier molecular flexibility index (Phi) is 5.95. The van der Waals surface area contributed by atoms with Crippen LogP contribution in [0.1, 0.15) is 39.9 Å². The third-order valence-electron chi connectivity index (χ3n) is 6.66. The summed E-state index contributed by atoms with van der Waals surface area (Å²) in [4.78, 5) is 15.4. The first-order valence-corrected chi connectivity index (χ1v) is 11.5. The topological polar surface area (TPSA) is 41.6 Å². The number of rotatable bonds is 6. The minimum absolute atomic E-state index is 0.0187. The average Bonchev–Trinajstić information content (AvgIpc) is 3.15. The highest BCUT2D eigenvalue weighted by Gasteiger charge is 2.38. The molecule has 0 aromatic heterocycles. The van der Waals surface area contributed by atoms with Gasteiger partial charge in [0, 0.05) is 44.1 Å². The Morgan fingerprint density at radius 1 is 0.969 bits per heavy atom. The summed E-state index contributed by atoms with van der Waals surface area (Å²) in [6.45, 7) is 5.74. The number of fused-ring (bicyclic) bond motifs is 3. The standard InChI is InChI=1S/C28H30N2O2/c1-20(14-21-8-4-2-5-9-21)32-24-12-13-25-26(15-24)28(31)29-16-23-18-30(19-27(23)25)17-22-10-6-3-7-11-22/h2-13,15,20,23,27H,14,16-19H2,1H3,(H,29,31)/t20-,23+,27+/m1/s1. The smallest absolute Gasteiger partial charge is 0.251 e. The molecule has 3 aromatic carbocycles. The van der Waals surface area contributed by atoms with Crippen LogP contribution in [0.5, 0.6) is 5.75 Å². The van der Waals surface area contributed by atoms with Crippen molar-refractivity contribution in [3.63, 3.8) is 0 Å². The maximum Gasteiger partial charge on any atom is 0.251 e. The van der Waals surface area contributed by atoms with Crippen molar-refractivity contribution in [3.8, 4) is 5.75 Å². The minimum Gasteiger partial charge on any atom is -0.490 e. The molecule has 2 heterocycles. The molecule has 1 amide bonds. The van der Waals surface area contributed by atoms with Crippen LogP contribution in [-0.4, -0.2) is 36.5 Å². The van der Waals surface area contributed by atoms with Crippen molar-refractivity contribution >= 4 is 5.91 Å². The third kappa shape index (κ3) is 4.56. The summed E-state index contributed by atoms with van der Waals surface area (Å²) in [6, 6.07) is 27.1. The molecule has 1 saturated heterocycles. The summed E-state index contributed by atoms with van der Waals surface area (Å²) < 4.78 is 6.19. The molecule has 4 nitrogen and oxygen atoms in total. The van der Waals surface area contributed by atoms with Gasteiger partial charge in [0.2, 0.25) is 0 Å². The lowest BCUT2D eigenvalue weighted by Crippen LogP contribution is -2.29. The Bertz CT molecular complexity index is 1070. The van der Waals surface area contributed by atoms with Crippen molar-refractivity contribution in [1.29, 1.82) is 0 Å². The lowest BCUT2D eigenvalue weighted by molar-refractivity contribution is 0.0950. The number of hydrogen-bond donors (Lipinski definition) is 1. The Balaban J connectivity index is 1.31. The summed E-state index contributed by atoms with van der Waals surface area (Å²) in [5, 5.41) is 3.16. The average molecular weight is 427 g/mol. The lowest BCUT2D eigenvalue weighted by atomic mass is 9.87. The molecule has 0 unspecified atom stereocenters. The van der Waals surface area contributed by atoms with Gasteiger partial charge in [-0.1, -0.05) is 66.7 Å². The van der Waals surface area contributed by atoms with E-state index in [0.717, 1.165) is 49.5 Å². The molecular weight excluding hydrogens is 396 g/mol. The molecule has 1 fully saturated rings. The van der Waals surface area contributed by atoms with E-state index in [1.54, 1.807) is 0 Å². The van der Waals surface area contributed by atoms with Gasteiger partial charge in [0.25, 0.3) is 5.91 Å². The lowest BCUT2D eigenvalue weighted by Gasteiger charge is -2.19. The minimum atomic E-state index is 0.0187. The van der Waals surface area contributed by atoms with Crippen LogP contribution in [0.4, 0.5) is 0 Å². The first-order chi connectivity index (χ1) is 15.7. The van der Waals surface area contributed by atoms with Crippen LogP contribution in [0.2, 0.25) is 0 Å². The summed E-state index contributed by atoms with van der Waals surface area (Å²) in [6.07, 6.45) is 0.869. The molecule has 164 valence electrons. The van der Waals surface area contributed by atoms with Gasteiger partial charge in [-0.25, -0.2) is 0 Å². The highest BCUT2D eigenvalue weighted by molar-refractivity contribution is 5.96. The van der Waals surface area contributed by atoms with Gasteiger partial charge >= 0.3 is 0 Å². The normalized spacial score (nSPS) is 21.2. The molecule has 2 aliphatic heterocycles. The highest BCUT2D eigenvalue weighted by Crippen LogP contribution is 2.38. The Hall–Kier alpha value is -3.11. The van der Waals surface area contributed by atoms with Crippen LogP contribution >= 0.6 is 0 Å². The molecule has 0 saturated carbocycles. The summed E-state index contributed by atoms with van der Waals surface area (Å²) >= 11 is 0. The molecular formula is C28H30N2O2. The third-order valence-corrected chi connectivity index (χ3v) is 6.66. The second-order valence-corrected chi connectivity index (χ2v) is 9.12. The predicted molar refractivity (Wildman–Crippen MR) is 127 cm³/mol. The number of amides is 1. The SMILES string of the molecule is C[C@H](Cc1ccccc1)Oc1ccc2c(c1)C(=O)NC[C@H]1CN(Cc3ccccc3)C[C@H]21. The molecule has 0 aliphatic carbocycles. The van der Waals surface area contributed by atoms with E-state index in [1.165, 1.54) is 11.1 Å². The number of nitrogens with zero attached hydrogens (tertiary/aromatic N) is 1. The fourth-order valence-corrected chi connectivity index (χ4v) is 5.16. The number of nitrogens with one attached hydrogen (secondary N) is 1. The van der Waals surface area contributed by atoms with Gasteiger partial charge in [-0.15, -0.1) is 0 Å². The molecule has 4 heteroatoms. The van der Waals surface area contributed by atoms with E-state index in [1.807, 2.05) is 30.3 Å². The molecule has 0 spiro atoms. The number of likely N-dealkylation sites (tertiary alicyclic amines) is 1. The number of ether oxygens (including phenoxy) is 1. The largest absolute Gasteiger partial charge is 0.490 e. The molecule has 2 aliphatic rings. The van der Waals surface area contributed by atoms with E-state index in [-0.39, 0.29) is 12.0 Å². The number of hydrogen-bond acceptors (Lipinski definition) is 3. The van der Waals surface area contributed by atoms with E-state index in [9.17, 15) is 4.79 Å². The quantitative estimate of drug-likeness (QED) is 0.624. The summed E-state index contributed by atoms with van der Waals surface area (Å²) in [5.41, 5.74) is 4.51. The zero-order valence-electron chi connectivity index (χ0n) is 18.5. The van der Waals surface area contributed by atoms with Crippen molar-refractivity contribution < 1.29 is 9.53 Å². The van der Waals surface area contributed by atoms with Gasteiger partial charge in [-0.2, -0.15) is 0 Å². The first-order valence-electron chi connectivity index (χ1n) is 11.5. The molecule has 5 rings (SSSR count). The number of benzene rings is 3. The fourth-order valence-electron chi connectivity index (χ4n) is 5.16. The van der Waals surface area contributed by atoms with E-state index in [2.05, 4.69) is 65.7 Å². The van der Waals surface area contributed by atoms with Crippen LogP contribution in [0, 0.1) is 5.92 Å². The van der Waals surface area contributed by atoms with Crippen molar-refractivity contribution in [3.05, 3.63) is 101 Å². The van der Waals surface area contributed by atoms with Crippen LogP contribution < -0.4 is 10.1 Å². The van der Waals surface area contributed by atoms with Crippen molar-refractivity contribution in [2.45, 2.75) is 31.9 Å². The van der Waals surface area contributed by atoms with Crippen LogP contribution in [-0.2, 0) is 13.0 Å². The maximum absolute atomic E-state index is 12.9. The predicted octanol–water partition coefficient (Wildman–Crippen LogP) is 4.66.